The van der Waals surface area contributed by atoms with Crippen molar-refractivity contribution in [1.29, 1.82) is 5.26 Å². The molecule has 0 heterocycles. The Bertz CT molecular complexity index is 512. The lowest BCUT2D eigenvalue weighted by molar-refractivity contribution is -0.130. The fraction of sp³-hybridized carbons (Fsp3) is 0.500. The van der Waals surface area contributed by atoms with Gasteiger partial charge in [-0.1, -0.05) is 44.4 Å². The summed E-state index contributed by atoms with van der Waals surface area (Å²) in [4.78, 5) is 12.6. The summed E-state index contributed by atoms with van der Waals surface area (Å²) in [5.74, 6) is -1.58. The average Bonchev–Trinajstić information content (AvgIpc) is 2.42. The first-order valence-electron chi connectivity index (χ1n) is 6.77. The van der Waals surface area contributed by atoms with Crippen molar-refractivity contribution in [1.82, 2.24) is 0 Å². The van der Waals surface area contributed by atoms with Crippen molar-refractivity contribution in [3.05, 3.63) is 35.6 Å². The van der Waals surface area contributed by atoms with Crippen LogP contribution in [-0.4, -0.2) is 5.78 Å². The third-order valence-electron chi connectivity index (χ3n) is 4.16. The van der Waals surface area contributed by atoms with Crippen LogP contribution in [-0.2, 0) is 4.79 Å². The molecule has 3 heteroatoms. The normalized spacial score (nSPS) is 19.4. The van der Waals surface area contributed by atoms with Gasteiger partial charge >= 0.3 is 0 Å². The Morgan fingerprint density at radius 3 is 2.53 bits per heavy atom. The van der Waals surface area contributed by atoms with Gasteiger partial charge in [-0.05, 0) is 18.9 Å². The minimum absolute atomic E-state index is 0.125. The Balaban J connectivity index is 2.30. The summed E-state index contributed by atoms with van der Waals surface area (Å²) < 4.78 is 13.8. The monoisotopic (exact) mass is 259 g/mol. The second-order valence-corrected chi connectivity index (χ2v) is 5.57. The van der Waals surface area contributed by atoms with Crippen molar-refractivity contribution in [2.75, 3.05) is 0 Å². The summed E-state index contributed by atoms with van der Waals surface area (Å²) in [6.45, 7) is 1.92. The van der Waals surface area contributed by atoms with Gasteiger partial charge in [-0.3, -0.25) is 4.79 Å². The second kappa shape index (κ2) is 5.52. The van der Waals surface area contributed by atoms with E-state index in [2.05, 4.69) is 0 Å². The highest BCUT2D eigenvalue weighted by Crippen LogP contribution is 2.40. The number of carbonyl (C=O) groups is 1. The van der Waals surface area contributed by atoms with Gasteiger partial charge in [0.2, 0.25) is 0 Å². The van der Waals surface area contributed by atoms with Crippen LogP contribution in [0.15, 0.2) is 24.3 Å². The van der Waals surface area contributed by atoms with E-state index in [-0.39, 0.29) is 11.3 Å². The highest BCUT2D eigenvalue weighted by Gasteiger charge is 2.39. The Morgan fingerprint density at radius 1 is 1.32 bits per heavy atom. The van der Waals surface area contributed by atoms with E-state index in [0.717, 1.165) is 32.1 Å². The number of halogens is 1. The quantitative estimate of drug-likeness (QED) is 0.824. The van der Waals surface area contributed by atoms with Crippen molar-refractivity contribution in [2.45, 2.75) is 44.9 Å². The Morgan fingerprint density at radius 2 is 1.95 bits per heavy atom. The van der Waals surface area contributed by atoms with Crippen LogP contribution < -0.4 is 0 Å². The molecular formula is C16H18FNO. The van der Waals surface area contributed by atoms with Gasteiger partial charge in [0.15, 0.2) is 5.78 Å². The predicted molar refractivity (Wildman–Crippen MR) is 71.0 cm³/mol. The summed E-state index contributed by atoms with van der Waals surface area (Å²) in [5.41, 5.74) is -0.261. The average molecular weight is 259 g/mol. The molecule has 0 N–H and O–H groups in total. The van der Waals surface area contributed by atoms with Crippen molar-refractivity contribution in [3.63, 3.8) is 0 Å². The molecule has 0 saturated heterocycles. The number of rotatable bonds is 3. The van der Waals surface area contributed by atoms with Gasteiger partial charge in [-0.15, -0.1) is 0 Å². The SMILES string of the molecule is CC1(C(=O)C(C#N)c2ccccc2F)CCCCC1. The summed E-state index contributed by atoms with van der Waals surface area (Å²) in [5, 5.41) is 9.28. The van der Waals surface area contributed by atoms with Crippen molar-refractivity contribution in [2.24, 2.45) is 5.41 Å². The zero-order valence-corrected chi connectivity index (χ0v) is 11.2. The van der Waals surface area contributed by atoms with E-state index in [1.807, 2.05) is 13.0 Å². The Kier molecular flexibility index (Phi) is 3.99. The van der Waals surface area contributed by atoms with Crippen LogP contribution in [0.4, 0.5) is 4.39 Å². The largest absolute Gasteiger partial charge is 0.297 e. The van der Waals surface area contributed by atoms with Gasteiger partial charge in [0.05, 0.1) is 6.07 Å². The summed E-state index contributed by atoms with van der Waals surface area (Å²) in [7, 11) is 0. The Labute approximate surface area is 113 Å². The molecule has 0 radical (unpaired) electrons. The van der Waals surface area contributed by atoms with Gasteiger partial charge < -0.3 is 0 Å². The maximum absolute atomic E-state index is 13.8. The van der Waals surface area contributed by atoms with Crippen LogP contribution in [0.2, 0.25) is 0 Å². The maximum atomic E-state index is 13.8. The van der Waals surface area contributed by atoms with Crippen LogP contribution in [0.5, 0.6) is 0 Å². The number of hydrogen-bond acceptors (Lipinski definition) is 2. The highest BCUT2D eigenvalue weighted by atomic mass is 19.1. The minimum Gasteiger partial charge on any atom is -0.297 e. The standard InChI is InChI=1S/C16H18FNO/c1-16(9-5-2-6-10-16)15(19)13(11-18)12-7-3-4-8-14(12)17/h3-4,7-8,13H,2,5-6,9-10H2,1H3. The molecule has 1 aliphatic carbocycles. The zero-order chi connectivity index (χ0) is 13.9. The number of Topliss-reactive ketones (excluding diaryl/α,β-unsaturated/α-hetero) is 1. The van der Waals surface area contributed by atoms with E-state index >= 15 is 0 Å². The fourth-order valence-corrected chi connectivity index (χ4v) is 2.91. The minimum atomic E-state index is -0.982. The molecular weight excluding hydrogens is 241 g/mol. The lowest BCUT2D eigenvalue weighted by Crippen LogP contribution is -2.34. The van der Waals surface area contributed by atoms with E-state index in [9.17, 15) is 14.4 Å². The smallest absolute Gasteiger partial charge is 0.160 e. The van der Waals surface area contributed by atoms with Crippen LogP contribution in [0.3, 0.4) is 0 Å². The molecule has 2 rings (SSSR count). The molecule has 1 aliphatic rings. The molecule has 0 aliphatic heterocycles. The van der Waals surface area contributed by atoms with Gasteiger partial charge in [-0.25, -0.2) is 4.39 Å². The fourth-order valence-electron chi connectivity index (χ4n) is 2.91. The molecule has 1 fully saturated rings. The number of nitriles is 1. The number of carbonyl (C=O) groups excluding carboxylic acids is 1. The molecule has 100 valence electrons. The van der Waals surface area contributed by atoms with Crippen LogP contribution in [0, 0.1) is 22.6 Å². The van der Waals surface area contributed by atoms with Gasteiger partial charge in [0, 0.05) is 11.0 Å². The summed E-state index contributed by atoms with van der Waals surface area (Å²) in [6, 6.07) is 8.06. The molecule has 1 saturated carbocycles. The molecule has 0 aromatic heterocycles. The molecule has 19 heavy (non-hydrogen) atoms. The van der Waals surface area contributed by atoms with E-state index in [0.29, 0.717) is 0 Å². The van der Waals surface area contributed by atoms with Crippen LogP contribution in [0.1, 0.15) is 50.5 Å². The summed E-state index contributed by atoms with van der Waals surface area (Å²) >= 11 is 0. The van der Waals surface area contributed by atoms with E-state index in [1.165, 1.54) is 12.1 Å². The number of nitrogens with zero attached hydrogens (tertiary/aromatic N) is 1. The summed E-state index contributed by atoms with van der Waals surface area (Å²) in [6.07, 6.45) is 4.77. The first-order chi connectivity index (χ1) is 9.08. The molecule has 1 aromatic rings. The lowest BCUT2D eigenvalue weighted by Gasteiger charge is -2.33. The zero-order valence-electron chi connectivity index (χ0n) is 11.2. The lowest BCUT2D eigenvalue weighted by atomic mass is 9.68. The second-order valence-electron chi connectivity index (χ2n) is 5.57. The first-order valence-corrected chi connectivity index (χ1v) is 6.77. The number of benzene rings is 1. The molecule has 0 spiro atoms. The Hall–Kier alpha value is -1.69. The first kappa shape index (κ1) is 13.7. The third kappa shape index (κ3) is 2.68. The predicted octanol–water partition coefficient (Wildman–Crippen LogP) is 3.97. The molecule has 1 aromatic carbocycles. The van der Waals surface area contributed by atoms with Gasteiger partial charge in [-0.2, -0.15) is 5.26 Å². The van der Waals surface area contributed by atoms with Crippen molar-refractivity contribution in [3.8, 4) is 6.07 Å². The molecule has 0 bridgehead atoms. The molecule has 1 atom stereocenters. The van der Waals surface area contributed by atoms with E-state index in [4.69, 9.17) is 0 Å². The van der Waals surface area contributed by atoms with Crippen molar-refractivity contribution >= 4 is 5.78 Å². The molecule has 1 unspecified atom stereocenters. The number of hydrogen-bond donors (Lipinski definition) is 0. The van der Waals surface area contributed by atoms with E-state index in [1.54, 1.807) is 12.1 Å². The van der Waals surface area contributed by atoms with Gasteiger partial charge in [0.25, 0.3) is 0 Å². The topological polar surface area (TPSA) is 40.9 Å². The highest BCUT2D eigenvalue weighted by molar-refractivity contribution is 5.93. The maximum Gasteiger partial charge on any atom is 0.160 e. The third-order valence-corrected chi connectivity index (χ3v) is 4.16. The van der Waals surface area contributed by atoms with Crippen molar-refractivity contribution < 1.29 is 9.18 Å². The van der Waals surface area contributed by atoms with Crippen LogP contribution >= 0.6 is 0 Å². The van der Waals surface area contributed by atoms with Crippen LogP contribution in [0.25, 0.3) is 0 Å². The number of ketones is 1. The van der Waals surface area contributed by atoms with Gasteiger partial charge in [0.1, 0.15) is 11.7 Å². The molecule has 2 nitrogen and oxygen atoms in total. The molecule has 0 amide bonds. The van der Waals surface area contributed by atoms with E-state index < -0.39 is 17.2 Å².